The molecule has 0 radical (unpaired) electrons. The van der Waals surface area contributed by atoms with Crippen LogP contribution in [0.5, 0.6) is 0 Å². The minimum absolute atomic E-state index is 0.718. The highest BCUT2D eigenvalue weighted by Gasteiger charge is 1.81. The first-order chi connectivity index (χ1) is 5.31. The predicted octanol–water partition coefficient (Wildman–Crippen LogP) is 3.00. The third-order valence-corrected chi connectivity index (χ3v) is 0.755. The van der Waals surface area contributed by atoms with E-state index < -0.39 is 0 Å². The van der Waals surface area contributed by atoms with E-state index in [4.69, 9.17) is 4.74 Å². The second-order valence-electron chi connectivity index (χ2n) is 1.58. The van der Waals surface area contributed by atoms with Crippen molar-refractivity contribution in [2.45, 2.75) is 34.6 Å². The van der Waals surface area contributed by atoms with Crippen LogP contribution in [0, 0.1) is 0 Å². The van der Waals surface area contributed by atoms with Crippen molar-refractivity contribution in [2.24, 2.45) is 4.99 Å². The van der Waals surface area contributed by atoms with E-state index in [1.54, 1.807) is 6.26 Å². The molecule has 0 aromatic heterocycles. The van der Waals surface area contributed by atoms with Gasteiger partial charge in [-0.3, -0.25) is 4.99 Å². The molecule has 0 bridgehead atoms. The lowest BCUT2D eigenvalue weighted by Gasteiger charge is -1.94. The number of rotatable bonds is 2. The quantitative estimate of drug-likeness (QED) is 0.343. The Kier molecular flexibility index (Phi) is 13.9. The van der Waals surface area contributed by atoms with E-state index in [0.717, 1.165) is 12.4 Å². The minimum atomic E-state index is 0.718. The first-order valence-electron chi connectivity index (χ1n) is 4.10. The highest BCUT2D eigenvalue weighted by atomic mass is 16.5. The van der Waals surface area contributed by atoms with Crippen LogP contribution in [0.2, 0.25) is 0 Å². The van der Waals surface area contributed by atoms with Crippen LogP contribution in [-0.4, -0.2) is 12.4 Å². The molecule has 0 aromatic carbocycles. The van der Waals surface area contributed by atoms with Gasteiger partial charge in [0, 0.05) is 13.5 Å². The molecule has 0 unspecified atom stereocenters. The average Bonchev–Trinajstić information content (AvgIpc) is 2.05. The molecule has 0 atom stereocenters. The summed E-state index contributed by atoms with van der Waals surface area (Å²) in [5, 5.41) is 0. The Morgan fingerprint density at radius 3 is 2.36 bits per heavy atom. The van der Waals surface area contributed by atoms with Crippen LogP contribution in [0.25, 0.3) is 0 Å². The summed E-state index contributed by atoms with van der Waals surface area (Å²) in [5.74, 6) is 0.718. The fourth-order valence-electron chi connectivity index (χ4n) is 0.426. The van der Waals surface area contributed by atoms with Crippen molar-refractivity contribution in [3.05, 3.63) is 12.3 Å². The largest absolute Gasteiger partial charge is 0.452 e. The fourth-order valence-corrected chi connectivity index (χ4v) is 0.426. The standard InChI is InChI=1S/C7H13NO.C2H6/c1-4-6-9-7(3)8-5-2;1-2/h4,6H,5H2,1-3H3;1-2H3/b6-4-,8-7?;. The average molecular weight is 157 g/mol. The van der Waals surface area contributed by atoms with Gasteiger partial charge >= 0.3 is 0 Å². The van der Waals surface area contributed by atoms with Crippen molar-refractivity contribution in [3.8, 4) is 0 Å². The first-order valence-corrected chi connectivity index (χ1v) is 4.10. The number of ether oxygens (including phenoxy) is 1. The molecule has 0 spiro atoms. The molecule has 0 saturated carbocycles. The van der Waals surface area contributed by atoms with Crippen LogP contribution >= 0.6 is 0 Å². The van der Waals surface area contributed by atoms with Crippen molar-refractivity contribution < 1.29 is 4.74 Å². The van der Waals surface area contributed by atoms with E-state index in [9.17, 15) is 0 Å². The molecule has 11 heavy (non-hydrogen) atoms. The van der Waals surface area contributed by atoms with Crippen molar-refractivity contribution in [3.63, 3.8) is 0 Å². The number of allylic oxidation sites excluding steroid dienone is 1. The van der Waals surface area contributed by atoms with Crippen LogP contribution in [0.4, 0.5) is 0 Å². The van der Waals surface area contributed by atoms with Gasteiger partial charge in [0.25, 0.3) is 0 Å². The molecule has 0 aliphatic rings. The van der Waals surface area contributed by atoms with Gasteiger partial charge in [0.05, 0.1) is 6.26 Å². The second-order valence-corrected chi connectivity index (χ2v) is 1.58. The molecule has 0 amide bonds. The van der Waals surface area contributed by atoms with Crippen LogP contribution in [0.15, 0.2) is 17.3 Å². The second kappa shape index (κ2) is 11.9. The van der Waals surface area contributed by atoms with Gasteiger partial charge in [0.15, 0.2) is 5.90 Å². The molecular formula is C9H19NO. The van der Waals surface area contributed by atoms with Crippen LogP contribution < -0.4 is 0 Å². The molecule has 0 N–H and O–H groups in total. The van der Waals surface area contributed by atoms with Gasteiger partial charge in [0.1, 0.15) is 0 Å². The van der Waals surface area contributed by atoms with E-state index >= 15 is 0 Å². The molecule has 0 fully saturated rings. The Morgan fingerprint density at radius 1 is 1.45 bits per heavy atom. The minimum Gasteiger partial charge on any atom is -0.452 e. The summed E-state index contributed by atoms with van der Waals surface area (Å²) in [6.45, 7) is 10.5. The van der Waals surface area contributed by atoms with Crippen LogP contribution in [0.3, 0.4) is 0 Å². The van der Waals surface area contributed by atoms with Crippen LogP contribution in [-0.2, 0) is 4.74 Å². The van der Waals surface area contributed by atoms with E-state index in [1.165, 1.54) is 0 Å². The zero-order valence-corrected chi connectivity index (χ0v) is 8.22. The van der Waals surface area contributed by atoms with Crippen molar-refractivity contribution in [1.82, 2.24) is 0 Å². The van der Waals surface area contributed by atoms with Gasteiger partial charge in [-0.15, -0.1) is 0 Å². The van der Waals surface area contributed by atoms with Gasteiger partial charge in [-0.1, -0.05) is 19.9 Å². The topological polar surface area (TPSA) is 21.6 Å². The zero-order chi connectivity index (χ0) is 9.11. The highest BCUT2D eigenvalue weighted by molar-refractivity contribution is 5.73. The molecule has 66 valence electrons. The summed E-state index contributed by atoms with van der Waals surface area (Å²) >= 11 is 0. The van der Waals surface area contributed by atoms with E-state index in [1.807, 2.05) is 40.7 Å². The summed E-state index contributed by atoms with van der Waals surface area (Å²) < 4.78 is 5.00. The summed E-state index contributed by atoms with van der Waals surface area (Å²) in [5.41, 5.74) is 0. The Hall–Kier alpha value is -0.790. The van der Waals surface area contributed by atoms with E-state index in [0.29, 0.717) is 0 Å². The lowest BCUT2D eigenvalue weighted by Crippen LogP contribution is -1.92. The number of nitrogens with zero attached hydrogens (tertiary/aromatic N) is 1. The van der Waals surface area contributed by atoms with Crippen LogP contribution in [0.1, 0.15) is 34.6 Å². The lowest BCUT2D eigenvalue weighted by molar-refractivity contribution is 0.465. The van der Waals surface area contributed by atoms with Gasteiger partial charge in [0.2, 0.25) is 0 Å². The third kappa shape index (κ3) is 12.4. The van der Waals surface area contributed by atoms with Gasteiger partial charge < -0.3 is 4.74 Å². The summed E-state index contributed by atoms with van der Waals surface area (Å²) in [7, 11) is 0. The molecule has 2 heteroatoms. The Balaban J connectivity index is 0. The fraction of sp³-hybridized carbons (Fsp3) is 0.667. The maximum Gasteiger partial charge on any atom is 0.186 e. The van der Waals surface area contributed by atoms with E-state index in [2.05, 4.69) is 4.99 Å². The maximum atomic E-state index is 5.00. The molecule has 0 saturated heterocycles. The monoisotopic (exact) mass is 157 g/mol. The summed E-state index contributed by atoms with van der Waals surface area (Å²) in [6, 6.07) is 0. The molecule has 0 aliphatic carbocycles. The SMILES string of the molecule is C/C=C\OC(C)=NCC.CC. The first kappa shape index (κ1) is 12.8. The highest BCUT2D eigenvalue weighted by Crippen LogP contribution is 1.82. The van der Waals surface area contributed by atoms with Crippen molar-refractivity contribution >= 4 is 5.90 Å². The maximum absolute atomic E-state index is 5.00. The molecule has 2 nitrogen and oxygen atoms in total. The van der Waals surface area contributed by atoms with Gasteiger partial charge in [-0.05, 0) is 13.8 Å². The zero-order valence-electron chi connectivity index (χ0n) is 8.22. The summed E-state index contributed by atoms with van der Waals surface area (Å²) in [6.07, 6.45) is 3.45. The molecule has 0 aliphatic heterocycles. The Bertz CT molecular complexity index is 117. The van der Waals surface area contributed by atoms with E-state index in [-0.39, 0.29) is 0 Å². The molecule has 0 heterocycles. The Morgan fingerprint density at radius 2 is 2.00 bits per heavy atom. The summed E-state index contributed by atoms with van der Waals surface area (Å²) in [4.78, 5) is 4.01. The van der Waals surface area contributed by atoms with Crippen molar-refractivity contribution in [2.75, 3.05) is 6.54 Å². The number of hydrogen-bond acceptors (Lipinski definition) is 2. The van der Waals surface area contributed by atoms with Gasteiger partial charge in [-0.25, -0.2) is 0 Å². The molecule has 0 aromatic rings. The normalized spacial score (nSPS) is 10.8. The number of aliphatic imine (C=N–C) groups is 1. The van der Waals surface area contributed by atoms with Gasteiger partial charge in [-0.2, -0.15) is 0 Å². The molecule has 0 rings (SSSR count). The van der Waals surface area contributed by atoms with Crippen molar-refractivity contribution in [1.29, 1.82) is 0 Å². The third-order valence-electron chi connectivity index (χ3n) is 0.755. The smallest absolute Gasteiger partial charge is 0.186 e. The predicted molar refractivity (Wildman–Crippen MR) is 50.9 cm³/mol. The molecular weight excluding hydrogens is 138 g/mol. The number of hydrogen-bond donors (Lipinski definition) is 0. The lowest BCUT2D eigenvalue weighted by atomic mass is 10.7. The Labute approximate surface area is 70.0 Å².